The van der Waals surface area contributed by atoms with Gasteiger partial charge in [0.25, 0.3) is 0 Å². The minimum Gasteiger partial charge on any atom is -0.481 e. The number of carbonyl (C=O) groups is 1. The summed E-state index contributed by atoms with van der Waals surface area (Å²) in [7, 11) is -3.51. The molecule has 1 rings (SSSR count). The molecule has 18 heavy (non-hydrogen) atoms. The fourth-order valence-corrected chi connectivity index (χ4v) is 2.70. The Labute approximate surface area is 107 Å². The zero-order valence-corrected chi connectivity index (χ0v) is 11.2. The van der Waals surface area contributed by atoms with Crippen LogP contribution in [0, 0.1) is 0 Å². The molecule has 1 unspecified atom stereocenters. The van der Waals surface area contributed by atoms with Crippen LogP contribution in [-0.4, -0.2) is 25.5 Å². The van der Waals surface area contributed by atoms with Crippen molar-refractivity contribution in [2.45, 2.75) is 37.6 Å². The van der Waals surface area contributed by atoms with E-state index >= 15 is 0 Å². The highest BCUT2D eigenvalue weighted by atomic mass is 32.2. The molecule has 0 radical (unpaired) electrons. The summed E-state index contributed by atoms with van der Waals surface area (Å²) < 4.78 is 26.4. The Morgan fingerprint density at radius 3 is 2.33 bits per heavy atom. The summed E-state index contributed by atoms with van der Waals surface area (Å²) in [6, 6.07) is 5.73. The summed E-state index contributed by atoms with van der Waals surface area (Å²) in [6.45, 7) is 3.68. The average Bonchev–Trinajstić information content (AvgIpc) is 2.28. The molecule has 0 spiro atoms. The molecular weight excluding hydrogens is 254 g/mol. The fraction of sp³-hybridized carbons (Fsp3) is 0.417. The van der Waals surface area contributed by atoms with Crippen LogP contribution < -0.4 is 4.72 Å². The highest BCUT2D eigenvalue weighted by molar-refractivity contribution is 7.89. The van der Waals surface area contributed by atoms with Crippen molar-refractivity contribution in [3.63, 3.8) is 0 Å². The molecule has 1 atom stereocenters. The summed E-state index contributed by atoms with van der Waals surface area (Å²) in [6.07, 6.45) is 0.593. The molecule has 0 aliphatic heterocycles. The van der Waals surface area contributed by atoms with E-state index in [0.717, 1.165) is 0 Å². The second-order valence-electron chi connectivity index (χ2n) is 4.15. The fourth-order valence-electron chi connectivity index (χ4n) is 1.38. The highest BCUT2D eigenvalue weighted by Gasteiger charge is 2.16. The zero-order valence-electron chi connectivity index (χ0n) is 10.4. The van der Waals surface area contributed by atoms with Crippen molar-refractivity contribution in [2.75, 3.05) is 0 Å². The van der Waals surface area contributed by atoms with Crippen molar-refractivity contribution in [3.05, 3.63) is 29.8 Å². The Morgan fingerprint density at radius 2 is 1.89 bits per heavy atom. The van der Waals surface area contributed by atoms with Gasteiger partial charge in [0.2, 0.25) is 10.0 Å². The van der Waals surface area contributed by atoms with Gasteiger partial charge in [-0.25, -0.2) is 13.1 Å². The van der Waals surface area contributed by atoms with E-state index in [1.165, 1.54) is 24.3 Å². The van der Waals surface area contributed by atoms with E-state index in [1.54, 1.807) is 6.92 Å². The largest absolute Gasteiger partial charge is 0.481 e. The van der Waals surface area contributed by atoms with Crippen LogP contribution in [0.3, 0.4) is 0 Å². The summed E-state index contributed by atoms with van der Waals surface area (Å²) in [4.78, 5) is 10.7. The third-order valence-electron chi connectivity index (χ3n) is 2.56. The first kappa shape index (κ1) is 14.7. The van der Waals surface area contributed by atoms with Crippen LogP contribution in [0.1, 0.15) is 25.8 Å². The second-order valence-corrected chi connectivity index (χ2v) is 5.86. The molecule has 0 heterocycles. The molecule has 5 nitrogen and oxygen atoms in total. The quantitative estimate of drug-likeness (QED) is 0.819. The lowest BCUT2D eigenvalue weighted by molar-refractivity contribution is -0.136. The van der Waals surface area contributed by atoms with E-state index in [4.69, 9.17) is 5.11 Å². The van der Waals surface area contributed by atoms with Crippen LogP contribution in [0.25, 0.3) is 0 Å². The van der Waals surface area contributed by atoms with Crippen molar-refractivity contribution in [1.82, 2.24) is 4.72 Å². The van der Waals surface area contributed by atoms with Gasteiger partial charge in [-0.3, -0.25) is 4.79 Å². The lowest BCUT2D eigenvalue weighted by Gasteiger charge is -2.12. The maximum atomic E-state index is 11.9. The summed E-state index contributed by atoms with van der Waals surface area (Å²) in [5.41, 5.74) is 0.574. The number of hydrogen-bond donors (Lipinski definition) is 2. The van der Waals surface area contributed by atoms with Crippen molar-refractivity contribution in [2.24, 2.45) is 0 Å². The highest BCUT2D eigenvalue weighted by Crippen LogP contribution is 2.12. The van der Waals surface area contributed by atoms with Crippen LogP contribution in [0.5, 0.6) is 0 Å². The van der Waals surface area contributed by atoms with Gasteiger partial charge in [0.15, 0.2) is 0 Å². The van der Waals surface area contributed by atoms with Gasteiger partial charge in [-0.2, -0.15) is 0 Å². The SMILES string of the molecule is CCC(C)NS(=O)(=O)c1ccc(CC(=O)O)cc1. The van der Waals surface area contributed by atoms with Crippen molar-refractivity contribution in [1.29, 1.82) is 0 Å². The minimum absolute atomic E-state index is 0.112. The molecular formula is C12H17NO4S. The van der Waals surface area contributed by atoms with Crippen LogP contribution >= 0.6 is 0 Å². The molecule has 100 valence electrons. The molecule has 0 aliphatic carbocycles. The smallest absolute Gasteiger partial charge is 0.307 e. The van der Waals surface area contributed by atoms with Crippen LogP contribution in [0.15, 0.2) is 29.2 Å². The Hall–Kier alpha value is -1.40. The number of nitrogens with one attached hydrogen (secondary N) is 1. The van der Waals surface area contributed by atoms with Gasteiger partial charge in [-0.1, -0.05) is 19.1 Å². The predicted octanol–water partition coefficient (Wildman–Crippen LogP) is 1.39. The number of carboxylic acids is 1. The van der Waals surface area contributed by atoms with E-state index < -0.39 is 16.0 Å². The molecule has 1 aromatic rings. The van der Waals surface area contributed by atoms with E-state index in [2.05, 4.69) is 4.72 Å². The first-order valence-corrected chi connectivity index (χ1v) is 7.16. The maximum Gasteiger partial charge on any atom is 0.307 e. The van der Waals surface area contributed by atoms with Crippen molar-refractivity contribution < 1.29 is 18.3 Å². The number of carboxylic acid groups (broad SMARTS) is 1. The van der Waals surface area contributed by atoms with Crippen molar-refractivity contribution >= 4 is 16.0 Å². The monoisotopic (exact) mass is 271 g/mol. The molecule has 6 heteroatoms. The minimum atomic E-state index is -3.51. The number of benzene rings is 1. The number of hydrogen-bond acceptors (Lipinski definition) is 3. The summed E-state index contributed by atoms with van der Waals surface area (Å²) in [5, 5.41) is 8.62. The Kier molecular flexibility index (Phi) is 4.86. The standard InChI is InChI=1S/C12H17NO4S/c1-3-9(2)13-18(16,17)11-6-4-10(5-7-11)8-12(14)15/h4-7,9,13H,3,8H2,1-2H3,(H,14,15). The molecule has 0 aliphatic rings. The Bertz CT molecular complexity index is 507. The maximum absolute atomic E-state index is 11.9. The van der Waals surface area contributed by atoms with Crippen LogP contribution in [0.4, 0.5) is 0 Å². The number of rotatable bonds is 6. The van der Waals surface area contributed by atoms with Gasteiger partial charge in [0, 0.05) is 6.04 Å². The Balaban J connectivity index is 2.87. The normalized spacial score (nSPS) is 13.2. The first-order valence-electron chi connectivity index (χ1n) is 5.68. The second kappa shape index (κ2) is 5.97. The topological polar surface area (TPSA) is 83.5 Å². The molecule has 2 N–H and O–H groups in total. The first-order chi connectivity index (χ1) is 8.35. The van der Waals surface area contributed by atoms with Gasteiger partial charge in [0.05, 0.1) is 11.3 Å². The molecule has 0 amide bonds. The Morgan fingerprint density at radius 1 is 1.33 bits per heavy atom. The number of aliphatic carboxylic acids is 1. The summed E-state index contributed by atoms with van der Waals surface area (Å²) in [5.74, 6) is -0.941. The lowest BCUT2D eigenvalue weighted by Crippen LogP contribution is -2.31. The molecule has 0 saturated carbocycles. The van der Waals surface area contributed by atoms with E-state index in [0.29, 0.717) is 12.0 Å². The van der Waals surface area contributed by atoms with Gasteiger partial charge < -0.3 is 5.11 Å². The number of sulfonamides is 1. The van der Waals surface area contributed by atoms with Gasteiger partial charge in [-0.05, 0) is 31.0 Å². The van der Waals surface area contributed by atoms with E-state index in [1.807, 2.05) is 6.92 Å². The van der Waals surface area contributed by atoms with Gasteiger partial charge in [-0.15, -0.1) is 0 Å². The van der Waals surface area contributed by atoms with Crippen molar-refractivity contribution in [3.8, 4) is 0 Å². The van der Waals surface area contributed by atoms with E-state index in [9.17, 15) is 13.2 Å². The third-order valence-corrected chi connectivity index (χ3v) is 4.16. The molecule has 0 fully saturated rings. The van der Waals surface area contributed by atoms with E-state index in [-0.39, 0.29) is 17.4 Å². The molecule has 0 saturated heterocycles. The molecule has 1 aromatic carbocycles. The molecule has 0 aromatic heterocycles. The lowest BCUT2D eigenvalue weighted by atomic mass is 10.2. The predicted molar refractivity (Wildman–Crippen MR) is 67.9 cm³/mol. The summed E-state index contributed by atoms with van der Waals surface area (Å²) >= 11 is 0. The third kappa shape index (κ3) is 4.12. The van der Waals surface area contributed by atoms with Crippen LogP contribution in [0.2, 0.25) is 0 Å². The van der Waals surface area contributed by atoms with Gasteiger partial charge in [0.1, 0.15) is 0 Å². The average molecular weight is 271 g/mol. The molecule has 0 bridgehead atoms. The van der Waals surface area contributed by atoms with Gasteiger partial charge >= 0.3 is 5.97 Å². The van der Waals surface area contributed by atoms with Crippen LogP contribution in [-0.2, 0) is 21.2 Å². The zero-order chi connectivity index (χ0) is 13.8.